The van der Waals surface area contributed by atoms with Gasteiger partial charge in [0.1, 0.15) is 5.75 Å². The summed E-state index contributed by atoms with van der Waals surface area (Å²) >= 11 is 6.60. The maximum absolute atomic E-state index is 13.2. The quantitative estimate of drug-likeness (QED) is 0.432. The maximum Gasteiger partial charge on any atom is 0.387 e. The van der Waals surface area contributed by atoms with Crippen molar-refractivity contribution in [3.63, 3.8) is 0 Å². The van der Waals surface area contributed by atoms with E-state index in [1.807, 2.05) is 13.0 Å². The van der Waals surface area contributed by atoms with Gasteiger partial charge in [-0.05, 0) is 69.1 Å². The Morgan fingerprint density at radius 1 is 1.35 bits per heavy atom. The van der Waals surface area contributed by atoms with Crippen molar-refractivity contribution in [3.8, 4) is 17.0 Å². The average Bonchev–Trinajstić information content (AvgIpc) is 3.14. The van der Waals surface area contributed by atoms with E-state index in [0.717, 1.165) is 37.7 Å². The van der Waals surface area contributed by atoms with Gasteiger partial charge in [-0.15, -0.1) is 0 Å². The number of carbonyl (C=O) groups excluding carboxylic acids is 1. The molecule has 188 valence electrons. The fraction of sp³-hybridized carbons (Fsp3) is 0.600. The fourth-order valence-corrected chi connectivity index (χ4v) is 4.69. The number of aliphatic hydroxyl groups is 1. The average molecular weight is 498 g/mol. The molecule has 0 bridgehead atoms. The van der Waals surface area contributed by atoms with Crippen molar-refractivity contribution < 1.29 is 23.4 Å². The van der Waals surface area contributed by atoms with Crippen LogP contribution in [0.4, 0.5) is 8.78 Å². The lowest BCUT2D eigenvalue weighted by molar-refractivity contribution is -0.0495. The summed E-state index contributed by atoms with van der Waals surface area (Å²) in [7, 11) is 0. The number of rotatable bonds is 10. The lowest BCUT2D eigenvalue weighted by atomic mass is 9.79. The van der Waals surface area contributed by atoms with Gasteiger partial charge in [0.2, 0.25) is 0 Å². The zero-order chi connectivity index (χ0) is 24.9. The summed E-state index contributed by atoms with van der Waals surface area (Å²) in [4.78, 5) is 12.9. The van der Waals surface area contributed by atoms with Gasteiger partial charge >= 0.3 is 6.61 Å². The smallest absolute Gasteiger partial charge is 0.387 e. The first kappa shape index (κ1) is 26.4. The van der Waals surface area contributed by atoms with Crippen LogP contribution in [0.25, 0.3) is 11.3 Å². The van der Waals surface area contributed by atoms with Crippen molar-refractivity contribution in [2.24, 2.45) is 5.92 Å². The third kappa shape index (κ3) is 6.27. The molecule has 6 nitrogen and oxygen atoms in total. The first-order valence-corrected chi connectivity index (χ1v) is 12.4. The molecule has 0 spiro atoms. The molecule has 34 heavy (non-hydrogen) atoms. The van der Waals surface area contributed by atoms with Gasteiger partial charge in [0.15, 0.2) is 5.69 Å². The second-order valence-electron chi connectivity index (χ2n) is 9.23. The third-order valence-corrected chi connectivity index (χ3v) is 6.89. The number of benzene rings is 1. The minimum atomic E-state index is -3.00. The summed E-state index contributed by atoms with van der Waals surface area (Å²) in [6.07, 6.45) is 5.70. The van der Waals surface area contributed by atoms with E-state index in [0.29, 0.717) is 36.6 Å². The summed E-state index contributed by atoms with van der Waals surface area (Å²) in [6.45, 7) is 3.51. The van der Waals surface area contributed by atoms with Crippen LogP contribution in [-0.2, 0) is 13.0 Å². The van der Waals surface area contributed by atoms with Gasteiger partial charge in [-0.25, -0.2) is 0 Å². The first-order chi connectivity index (χ1) is 16.2. The van der Waals surface area contributed by atoms with Crippen molar-refractivity contribution >= 4 is 17.5 Å². The molecule has 1 aliphatic rings. The van der Waals surface area contributed by atoms with Gasteiger partial charge in [0.25, 0.3) is 5.91 Å². The Balaban J connectivity index is 1.89. The van der Waals surface area contributed by atoms with Crippen molar-refractivity contribution in [1.29, 1.82) is 0 Å². The minimum Gasteiger partial charge on any atom is -0.434 e. The largest absolute Gasteiger partial charge is 0.434 e. The lowest BCUT2D eigenvalue weighted by Crippen LogP contribution is -2.45. The molecule has 0 unspecified atom stereocenters. The Bertz CT molecular complexity index is 988. The maximum atomic E-state index is 13.2. The highest BCUT2D eigenvalue weighted by molar-refractivity contribution is 6.36. The van der Waals surface area contributed by atoms with Crippen LogP contribution in [0, 0.1) is 5.92 Å². The Kier molecular flexibility index (Phi) is 8.93. The number of nitrogens with one attached hydrogen (secondary N) is 1. The number of alkyl halides is 2. The molecule has 1 saturated carbocycles. The fourth-order valence-electron chi connectivity index (χ4n) is 4.37. The van der Waals surface area contributed by atoms with Crippen molar-refractivity contribution in [3.05, 3.63) is 34.5 Å². The Morgan fingerprint density at radius 2 is 2.06 bits per heavy atom. The molecule has 3 rings (SSSR count). The van der Waals surface area contributed by atoms with Crippen LogP contribution in [0.15, 0.2) is 18.2 Å². The molecule has 1 aliphatic carbocycles. The van der Waals surface area contributed by atoms with Crippen molar-refractivity contribution in [2.75, 3.05) is 6.54 Å². The van der Waals surface area contributed by atoms with Gasteiger partial charge in [0, 0.05) is 18.7 Å². The van der Waals surface area contributed by atoms with Gasteiger partial charge in [-0.2, -0.15) is 13.9 Å². The minimum absolute atomic E-state index is 0.00213. The van der Waals surface area contributed by atoms with Gasteiger partial charge in [-0.3, -0.25) is 9.48 Å². The van der Waals surface area contributed by atoms with Crippen LogP contribution < -0.4 is 10.1 Å². The molecule has 0 saturated heterocycles. The van der Waals surface area contributed by atoms with Gasteiger partial charge in [-0.1, -0.05) is 37.9 Å². The Labute approximate surface area is 204 Å². The molecule has 2 aromatic rings. The van der Waals surface area contributed by atoms with Crippen LogP contribution in [0.3, 0.4) is 0 Å². The van der Waals surface area contributed by atoms with Crippen molar-refractivity contribution in [2.45, 2.75) is 84.5 Å². The Hall–Kier alpha value is -2.19. The SMILES string of the molecule is CCCCc1ccc(-c2c(Cl)c(C(=O)NCC3(O)CCC(C)CC3)nn2CC)c(OC(F)F)c1. The molecule has 9 heteroatoms. The number of aryl methyl sites for hydroxylation is 2. The van der Waals surface area contributed by atoms with E-state index in [1.54, 1.807) is 12.1 Å². The number of unbranched alkanes of at least 4 members (excludes halogenated alkanes) is 1. The van der Waals surface area contributed by atoms with Crippen LogP contribution in [0.5, 0.6) is 5.75 Å². The summed E-state index contributed by atoms with van der Waals surface area (Å²) in [6, 6.07) is 5.14. The van der Waals surface area contributed by atoms with E-state index >= 15 is 0 Å². The van der Waals surface area contributed by atoms with E-state index in [-0.39, 0.29) is 23.0 Å². The third-order valence-electron chi connectivity index (χ3n) is 6.53. The molecular weight excluding hydrogens is 464 g/mol. The molecule has 1 fully saturated rings. The molecule has 1 aromatic heterocycles. The molecule has 1 aromatic carbocycles. The molecule has 2 N–H and O–H groups in total. The number of carbonyl (C=O) groups is 1. The number of ether oxygens (including phenoxy) is 1. The first-order valence-electron chi connectivity index (χ1n) is 12.0. The summed E-state index contributed by atoms with van der Waals surface area (Å²) < 4.78 is 32.7. The van der Waals surface area contributed by atoms with Crippen molar-refractivity contribution in [1.82, 2.24) is 15.1 Å². The molecule has 0 atom stereocenters. The van der Waals surface area contributed by atoms with Crippen LogP contribution in [0.1, 0.15) is 75.3 Å². The molecule has 0 aliphatic heterocycles. The number of nitrogens with zero attached hydrogens (tertiary/aromatic N) is 2. The highest BCUT2D eigenvalue weighted by Gasteiger charge is 2.33. The standard InChI is InChI=1S/C25H34ClF2N3O3/c1-4-6-7-17-8-9-18(19(14-17)34-24(27)28)22-20(26)21(30-31(22)5-2)23(32)29-15-25(33)12-10-16(3)11-13-25/h8-9,14,16,24,33H,4-7,10-13,15H2,1-3H3,(H,29,32). The monoisotopic (exact) mass is 497 g/mol. The van der Waals surface area contributed by atoms with Gasteiger partial charge in [0.05, 0.1) is 16.3 Å². The van der Waals surface area contributed by atoms with Crippen LogP contribution in [0.2, 0.25) is 5.02 Å². The number of amides is 1. The Morgan fingerprint density at radius 3 is 2.68 bits per heavy atom. The molecular formula is C25H34ClF2N3O3. The number of halogens is 3. The predicted molar refractivity (Wildman–Crippen MR) is 129 cm³/mol. The summed E-state index contributed by atoms with van der Waals surface area (Å²) in [5, 5.41) is 17.9. The molecule has 1 amide bonds. The second kappa shape index (κ2) is 11.5. The second-order valence-corrected chi connectivity index (χ2v) is 9.61. The number of aromatic nitrogens is 2. The van der Waals surface area contributed by atoms with E-state index in [1.165, 1.54) is 4.68 Å². The summed E-state index contributed by atoms with van der Waals surface area (Å²) in [5.74, 6) is 0.0466. The lowest BCUT2D eigenvalue weighted by Gasteiger charge is -2.34. The molecule has 1 heterocycles. The van der Waals surface area contributed by atoms with E-state index in [9.17, 15) is 18.7 Å². The topological polar surface area (TPSA) is 76.4 Å². The van der Waals surface area contributed by atoms with E-state index in [2.05, 4.69) is 24.3 Å². The predicted octanol–water partition coefficient (Wildman–Crippen LogP) is 5.84. The zero-order valence-electron chi connectivity index (χ0n) is 20.0. The van der Waals surface area contributed by atoms with Crippen LogP contribution >= 0.6 is 11.6 Å². The van der Waals surface area contributed by atoms with Gasteiger partial charge < -0.3 is 15.2 Å². The normalized spacial score (nSPS) is 20.5. The van der Waals surface area contributed by atoms with E-state index in [4.69, 9.17) is 16.3 Å². The zero-order valence-corrected chi connectivity index (χ0v) is 20.8. The number of hydrogen-bond donors (Lipinski definition) is 2. The summed E-state index contributed by atoms with van der Waals surface area (Å²) in [5.41, 5.74) is 0.616. The van der Waals surface area contributed by atoms with Crippen LogP contribution in [-0.4, -0.2) is 39.6 Å². The number of hydrogen-bond acceptors (Lipinski definition) is 4. The van der Waals surface area contributed by atoms with E-state index < -0.39 is 18.1 Å². The highest BCUT2D eigenvalue weighted by atomic mass is 35.5. The molecule has 0 radical (unpaired) electrons. The highest BCUT2D eigenvalue weighted by Crippen LogP contribution is 2.38.